The molecule has 0 bridgehead atoms. The van der Waals surface area contributed by atoms with Crippen LogP contribution < -0.4 is 9.64 Å². The Labute approximate surface area is 223 Å². The number of likely N-dealkylation sites (N-methyl/N-ethyl adjacent to an activating group) is 1. The smallest absolute Gasteiger partial charge is 0.420 e. The van der Waals surface area contributed by atoms with Crippen LogP contribution >= 0.6 is 0 Å². The van der Waals surface area contributed by atoms with E-state index >= 15 is 0 Å². The number of halogens is 5. The summed E-state index contributed by atoms with van der Waals surface area (Å²) in [5, 5.41) is 9.47. The zero-order valence-corrected chi connectivity index (χ0v) is 22.1. The Kier molecular flexibility index (Phi) is 7.87. The largest absolute Gasteiger partial charge is 0.492 e. The van der Waals surface area contributed by atoms with Crippen molar-refractivity contribution in [3.05, 3.63) is 48.0 Å². The number of carboxylic acids is 1. The average Bonchev–Trinajstić information content (AvgIpc) is 3.68. The lowest BCUT2D eigenvalue weighted by Crippen LogP contribution is -2.41. The summed E-state index contributed by atoms with van der Waals surface area (Å²) in [7, 11) is -3.27. The number of carboxylic acid groups (broad SMARTS) is 1. The molecule has 0 saturated heterocycles. The molecule has 0 spiro atoms. The Bertz CT molecular complexity index is 1310. The minimum Gasteiger partial charge on any atom is -0.492 e. The van der Waals surface area contributed by atoms with Gasteiger partial charge in [-0.3, -0.25) is 4.79 Å². The Morgan fingerprint density at radius 2 is 1.77 bits per heavy atom. The fraction of sp³-hybridized carbons (Fsp3) is 0.500. The Balaban J connectivity index is 1.85. The molecule has 0 amide bonds. The molecule has 1 saturated carbocycles. The van der Waals surface area contributed by atoms with Crippen LogP contribution in [0.25, 0.3) is 0 Å². The fourth-order valence-electron chi connectivity index (χ4n) is 4.72. The van der Waals surface area contributed by atoms with Gasteiger partial charge < -0.3 is 14.7 Å². The van der Waals surface area contributed by atoms with Crippen LogP contribution in [0.3, 0.4) is 0 Å². The van der Waals surface area contributed by atoms with Crippen LogP contribution in [0.4, 0.5) is 33.3 Å². The molecule has 2 aromatic rings. The number of rotatable bonds is 9. The van der Waals surface area contributed by atoms with Gasteiger partial charge in [0.25, 0.3) is 0 Å². The first-order valence-electron chi connectivity index (χ1n) is 12.4. The summed E-state index contributed by atoms with van der Waals surface area (Å²) in [5.41, 5.74) is -1.17. The highest BCUT2D eigenvalue weighted by Gasteiger charge is 2.43. The van der Waals surface area contributed by atoms with Crippen LogP contribution in [0.5, 0.6) is 5.75 Å². The molecule has 2 aliphatic rings. The number of sulfonamides is 1. The number of aliphatic carboxylic acids is 1. The second-order valence-electron chi connectivity index (χ2n) is 10.1. The van der Waals surface area contributed by atoms with Crippen molar-refractivity contribution in [1.29, 1.82) is 0 Å². The molecule has 1 aliphatic carbocycles. The molecule has 1 N–H and O–H groups in total. The molecule has 1 fully saturated rings. The van der Waals surface area contributed by atoms with E-state index in [4.69, 9.17) is 4.74 Å². The van der Waals surface area contributed by atoms with Crippen molar-refractivity contribution in [3.63, 3.8) is 0 Å². The summed E-state index contributed by atoms with van der Waals surface area (Å²) in [6, 6.07) is 8.54. The first-order valence-corrected chi connectivity index (χ1v) is 13.8. The van der Waals surface area contributed by atoms with E-state index in [9.17, 15) is 40.3 Å². The molecule has 7 nitrogen and oxygen atoms in total. The molecule has 0 radical (unpaired) electrons. The van der Waals surface area contributed by atoms with Crippen LogP contribution in [0, 0.1) is 11.8 Å². The molecular formula is C26H29F5N2O5S. The Morgan fingerprint density at radius 1 is 1.13 bits per heavy atom. The van der Waals surface area contributed by atoms with Gasteiger partial charge in [0.05, 0.1) is 17.2 Å². The maximum Gasteiger partial charge on any atom is 0.420 e. The summed E-state index contributed by atoms with van der Waals surface area (Å²) in [5.74, 6) is -6.35. The van der Waals surface area contributed by atoms with E-state index in [1.165, 1.54) is 11.9 Å². The van der Waals surface area contributed by atoms with Gasteiger partial charge in [0.2, 0.25) is 15.9 Å². The van der Waals surface area contributed by atoms with Gasteiger partial charge in [0, 0.05) is 37.8 Å². The Morgan fingerprint density at radius 3 is 2.31 bits per heavy atom. The van der Waals surface area contributed by atoms with Gasteiger partial charge in [0.15, 0.2) is 0 Å². The molecule has 2 aromatic carbocycles. The maximum atomic E-state index is 14.2. The van der Waals surface area contributed by atoms with Crippen molar-refractivity contribution >= 4 is 27.4 Å². The standard InChI is InChI=1S/C26H29F5N2O5S/c1-25(27,28)11-10-18-14-33(17-6-4-3-5-7-17)21-12-20(26(29,30)31)22(13-23(21)39(36,37)32(18)2)38-15-19(24(34)35)16-8-9-16/h3-7,12-13,16,18-19H,8-11,14-15H2,1-2H3,(H,34,35)/t18-,19-/m1/s1. The van der Waals surface area contributed by atoms with Gasteiger partial charge >= 0.3 is 12.1 Å². The summed E-state index contributed by atoms with van der Waals surface area (Å²) < 4.78 is 104. The van der Waals surface area contributed by atoms with E-state index in [1.54, 1.807) is 30.3 Å². The van der Waals surface area contributed by atoms with Gasteiger partial charge in [-0.15, -0.1) is 0 Å². The maximum absolute atomic E-state index is 14.2. The minimum absolute atomic E-state index is 0.177. The molecule has 0 aromatic heterocycles. The van der Waals surface area contributed by atoms with Gasteiger partial charge in [-0.2, -0.15) is 17.5 Å². The van der Waals surface area contributed by atoms with E-state index < -0.39 is 69.3 Å². The number of ether oxygens (including phenoxy) is 1. The van der Waals surface area contributed by atoms with Crippen molar-refractivity contribution in [2.75, 3.05) is 25.1 Å². The van der Waals surface area contributed by atoms with Crippen LogP contribution in [-0.2, 0) is 21.0 Å². The van der Waals surface area contributed by atoms with Crippen LogP contribution in [0.15, 0.2) is 47.4 Å². The lowest BCUT2D eigenvalue weighted by molar-refractivity contribution is -0.143. The van der Waals surface area contributed by atoms with Crippen LogP contribution in [0.2, 0.25) is 0 Å². The molecule has 13 heteroatoms. The average molecular weight is 577 g/mol. The Hall–Kier alpha value is -2.93. The van der Waals surface area contributed by atoms with E-state index in [0.29, 0.717) is 31.5 Å². The number of nitrogens with zero attached hydrogens (tertiary/aromatic N) is 2. The highest BCUT2D eigenvalue weighted by molar-refractivity contribution is 7.89. The van der Waals surface area contributed by atoms with E-state index in [1.807, 2.05) is 0 Å². The zero-order valence-electron chi connectivity index (χ0n) is 21.3. The lowest BCUT2D eigenvalue weighted by atomic mass is 10.0. The third-order valence-corrected chi connectivity index (χ3v) is 9.07. The third-order valence-electron chi connectivity index (χ3n) is 7.13. The normalized spacial score (nSPS) is 20.7. The van der Waals surface area contributed by atoms with Crippen molar-refractivity contribution in [3.8, 4) is 5.75 Å². The van der Waals surface area contributed by atoms with Crippen molar-refractivity contribution < 1.29 is 45.0 Å². The first kappa shape index (κ1) is 29.1. The van der Waals surface area contributed by atoms with Gasteiger partial charge in [-0.05, 0) is 50.3 Å². The lowest BCUT2D eigenvalue weighted by Gasteiger charge is -2.30. The second kappa shape index (κ2) is 10.6. The van der Waals surface area contributed by atoms with E-state index in [0.717, 1.165) is 10.4 Å². The molecule has 39 heavy (non-hydrogen) atoms. The predicted octanol–water partition coefficient (Wildman–Crippen LogP) is 5.77. The van der Waals surface area contributed by atoms with Gasteiger partial charge in [-0.1, -0.05) is 18.2 Å². The monoisotopic (exact) mass is 576 g/mol. The number of hydrogen-bond donors (Lipinski definition) is 1. The van der Waals surface area contributed by atoms with Crippen LogP contribution in [-0.4, -0.2) is 56.0 Å². The highest BCUT2D eigenvalue weighted by atomic mass is 32.2. The van der Waals surface area contributed by atoms with Crippen molar-refractivity contribution in [2.45, 2.75) is 55.6 Å². The molecule has 1 heterocycles. The summed E-state index contributed by atoms with van der Waals surface area (Å²) >= 11 is 0. The fourth-order valence-corrected chi connectivity index (χ4v) is 6.28. The summed E-state index contributed by atoms with van der Waals surface area (Å²) in [6.45, 7) is -0.0232. The molecule has 1 aliphatic heterocycles. The van der Waals surface area contributed by atoms with Crippen LogP contribution in [0.1, 0.15) is 38.2 Å². The van der Waals surface area contributed by atoms with Crippen molar-refractivity contribution in [2.24, 2.45) is 11.8 Å². The highest BCUT2D eigenvalue weighted by Crippen LogP contribution is 2.46. The number of para-hydroxylation sites is 1. The van der Waals surface area contributed by atoms with Gasteiger partial charge in [0.1, 0.15) is 17.3 Å². The zero-order chi connectivity index (χ0) is 28.8. The molecule has 0 unspecified atom stereocenters. The van der Waals surface area contributed by atoms with E-state index in [-0.39, 0.29) is 24.6 Å². The van der Waals surface area contributed by atoms with Crippen molar-refractivity contribution in [1.82, 2.24) is 4.31 Å². The number of alkyl halides is 5. The molecule has 214 valence electrons. The predicted molar refractivity (Wildman–Crippen MR) is 133 cm³/mol. The number of benzene rings is 2. The van der Waals surface area contributed by atoms with E-state index in [2.05, 4.69) is 0 Å². The number of anilines is 2. The second-order valence-corrected chi connectivity index (χ2v) is 12.1. The first-order chi connectivity index (χ1) is 18.1. The SMILES string of the molecule is CN1[C@H](CCC(C)(F)F)CN(c2ccccc2)c2cc(C(F)(F)F)c(OC[C@@H](C(=O)O)C3CC3)cc2S1(=O)=O. The summed E-state index contributed by atoms with van der Waals surface area (Å²) in [4.78, 5) is 12.5. The number of carbonyl (C=O) groups is 1. The molecule has 2 atom stereocenters. The number of fused-ring (bicyclic) bond motifs is 1. The topological polar surface area (TPSA) is 87.2 Å². The third kappa shape index (κ3) is 6.46. The summed E-state index contributed by atoms with van der Waals surface area (Å²) in [6.07, 6.45) is -4.61. The van der Waals surface area contributed by atoms with Gasteiger partial charge in [-0.25, -0.2) is 17.2 Å². The molecular weight excluding hydrogens is 547 g/mol. The number of hydrogen-bond acceptors (Lipinski definition) is 5. The quantitative estimate of drug-likeness (QED) is 0.382. The molecule has 4 rings (SSSR count). The minimum atomic E-state index is -4.96.